The number of fused-ring (bicyclic) bond motifs is 1. The van der Waals surface area contributed by atoms with E-state index in [0.717, 1.165) is 35.4 Å². The molecule has 4 heteroatoms. The third-order valence-corrected chi connectivity index (χ3v) is 5.24. The van der Waals surface area contributed by atoms with Crippen molar-refractivity contribution in [1.82, 2.24) is 4.98 Å². The topological polar surface area (TPSA) is 58.3 Å². The fourth-order valence-corrected chi connectivity index (χ4v) is 3.60. The lowest BCUT2D eigenvalue weighted by molar-refractivity contribution is 0.159. The summed E-state index contributed by atoms with van der Waals surface area (Å²) in [5.74, 6) is 0.739. The summed E-state index contributed by atoms with van der Waals surface area (Å²) in [6, 6.07) is 15.1. The van der Waals surface area contributed by atoms with Crippen LogP contribution in [-0.2, 0) is 18.3 Å². The van der Waals surface area contributed by atoms with Crippen molar-refractivity contribution in [1.29, 1.82) is 0 Å². The Bertz CT molecular complexity index is 936. The molecule has 4 rings (SSSR count). The second kappa shape index (κ2) is 6.86. The average Bonchev–Trinajstić information content (AvgIpc) is 3.10. The van der Waals surface area contributed by atoms with Gasteiger partial charge in [-0.3, -0.25) is 0 Å². The predicted molar refractivity (Wildman–Crippen MR) is 108 cm³/mol. The van der Waals surface area contributed by atoms with Gasteiger partial charge < -0.3 is 14.8 Å². The first-order chi connectivity index (χ1) is 12.9. The summed E-state index contributed by atoms with van der Waals surface area (Å²) in [5.41, 5.74) is 5.83. The van der Waals surface area contributed by atoms with Crippen LogP contribution in [0.5, 0.6) is 0 Å². The monoisotopic (exact) mass is 362 g/mol. The molecule has 0 unspecified atom stereocenters. The van der Waals surface area contributed by atoms with Gasteiger partial charge in [-0.15, -0.1) is 0 Å². The molecule has 0 saturated heterocycles. The first-order valence-electron chi connectivity index (χ1n) is 9.53. The Labute approximate surface area is 160 Å². The number of nitrogens with one attached hydrogen (secondary N) is 1. The highest BCUT2D eigenvalue weighted by atomic mass is 16.4. The van der Waals surface area contributed by atoms with E-state index in [1.807, 2.05) is 12.1 Å². The summed E-state index contributed by atoms with van der Waals surface area (Å²) >= 11 is 0. The van der Waals surface area contributed by atoms with Crippen LogP contribution in [0.3, 0.4) is 0 Å². The second-order valence-corrected chi connectivity index (χ2v) is 8.32. The van der Waals surface area contributed by atoms with Crippen LogP contribution >= 0.6 is 0 Å². The molecule has 3 aromatic rings. The van der Waals surface area contributed by atoms with Gasteiger partial charge in [0.15, 0.2) is 5.76 Å². The molecule has 0 bridgehead atoms. The van der Waals surface area contributed by atoms with Gasteiger partial charge in [-0.05, 0) is 41.0 Å². The Morgan fingerprint density at radius 1 is 1.11 bits per heavy atom. The van der Waals surface area contributed by atoms with Crippen molar-refractivity contribution >= 4 is 11.7 Å². The molecule has 1 heterocycles. The molecule has 2 aromatic carbocycles. The highest BCUT2D eigenvalue weighted by molar-refractivity contribution is 5.63. The van der Waals surface area contributed by atoms with Crippen molar-refractivity contribution in [2.24, 2.45) is 0 Å². The predicted octanol–water partition coefficient (Wildman–Crippen LogP) is 5.23. The molecule has 0 radical (unpaired) electrons. The molecular weight excluding hydrogens is 336 g/mol. The van der Waals surface area contributed by atoms with Crippen LogP contribution in [0.2, 0.25) is 0 Å². The summed E-state index contributed by atoms with van der Waals surface area (Å²) in [6.07, 6.45) is 3.87. The van der Waals surface area contributed by atoms with E-state index in [2.05, 4.69) is 61.4 Å². The maximum absolute atomic E-state index is 10.0. The second-order valence-electron chi connectivity index (χ2n) is 8.32. The fourth-order valence-electron chi connectivity index (χ4n) is 3.60. The van der Waals surface area contributed by atoms with Gasteiger partial charge in [0.2, 0.25) is 0 Å². The molecule has 27 heavy (non-hydrogen) atoms. The van der Waals surface area contributed by atoms with Crippen LogP contribution in [0.15, 0.2) is 53.1 Å². The first-order valence-corrected chi connectivity index (χ1v) is 9.53. The third-order valence-electron chi connectivity index (χ3n) is 5.24. The Hall–Kier alpha value is -2.59. The Morgan fingerprint density at radius 2 is 1.89 bits per heavy atom. The van der Waals surface area contributed by atoms with Gasteiger partial charge in [0.1, 0.15) is 0 Å². The molecule has 0 fully saturated rings. The number of oxazole rings is 1. The van der Waals surface area contributed by atoms with Gasteiger partial charge in [-0.2, -0.15) is 0 Å². The highest BCUT2D eigenvalue weighted by Crippen LogP contribution is 2.32. The summed E-state index contributed by atoms with van der Waals surface area (Å²) in [6.45, 7) is 6.61. The molecule has 1 aliphatic carbocycles. The normalized spacial score (nSPS) is 16.8. The molecule has 0 spiro atoms. The zero-order chi connectivity index (χ0) is 19.0. The average molecular weight is 362 g/mol. The van der Waals surface area contributed by atoms with Gasteiger partial charge in [0.25, 0.3) is 6.01 Å². The van der Waals surface area contributed by atoms with Crippen molar-refractivity contribution in [3.63, 3.8) is 0 Å². The Balaban J connectivity index is 1.56. The first kappa shape index (κ1) is 17.8. The standard InChI is InChI=1S/C23H26N2O2/c1-23(2,3)17-10-7-16(8-11-17)21-14-24-22(27-21)25-20-6-4-5-15-9-12-18(26)13-19(15)20/h4-8,10-11,14,18,26H,9,12-13H2,1-3H3,(H,24,25)/t18-/m0/s1. The molecule has 0 amide bonds. The number of hydrogen-bond acceptors (Lipinski definition) is 4. The van der Waals surface area contributed by atoms with E-state index in [1.165, 1.54) is 11.1 Å². The molecular formula is C23H26N2O2. The molecule has 4 nitrogen and oxygen atoms in total. The lowest BCUT2D eigenvalue weighted by Gasteiger charge is -2.23. The summed E-state index contributed by atoms with van der Waals surface area (Å²) in [5, 5.41) is 13.3. The number of nitrogens with zero attached hydrogens (tertiary/aromatic N) is 1. The zero-order valence-corrected chi connectivity index (χ0v) is 16.1. The van der Waals surface area contributed by atoms with E-state index in [-0.39, 0.29) is 11.5 Å². The number of benzene rings is 2. The van der Waals surface area contributed by atoms with Crippen LogP contribution in [0, 0.1) is 0 Å². The van der Waals surface area contributed by atoms with Crippen LogP contribution in [-0.4, -0.2) is 16.2 Å². The summed E-state index contributed by atoms with van der Waals surface area (Å²) < 4.78 is 5.93. The van der Waals surface area contributed by atoms with Crippen molar-refractivity contribution in [2.45, 2.75) is 51.6 Å². The summed E-state index contributed by atoms with van der Waals surface area (Å²) in [7, 11) is 0. The minimum Gasteiger partial charge on any atom is -0.423 e. The van der Waals surface area contributed by atoms with E-state index in [0.29, 0.717) is 12.4 Å². The molecule has 1 aliphatic rings. The number of aliphatic hydroxyl groups excluding tert-OH is 1. The number of rotatable bonds is 3. The van der Waals surface area contributed by atoms with Gasteiger partial charge in [0.05, 0.1) is 12.3 Å². The molecule has 1 atom stereocenters. The molecule has 2 N–H and O–H groups in total. The third kappa shape index (κ3) is 3.76. The fraction of sp³-hybridized carbons (Fsp3) is 0.348. The van der Waals surface area contributed by atoms with Crippen molar-refractivity contribution in [3.05, 3.63) is 65.4 Å². The lowest BCUT2D eigenvalue weighted by atomic mass is 9.86. The van der Waals surface area contributed by atoms with Crippen LogP contribution in [0.4, 0.5) is 11.7 Å². The van der Waals surface area contributed by atoms with Crippen molar-refractivity contribution in [2.75, 3.05) is 5.32 Å². The van der Waals surface area contributed by atoms with E-state index >= 15 is 0 Å². The molecule has 140 valence electrons. The molecule has 1 aromatic heterocycles. The van der Waals surface area contributed by atoms with Crippen LogP contribution < -0.4 is 5.32 Å². The molecule has 0 saturated carbocycles. The van der Waals surface area contributed by atoms with Crippen LogP contribution in [0.25, 0.3) is 11.3 Å². The number of anilines is 2. The minimum absolute atomic E-state index is 0.129. The number of hydrogen-bond donors (Lipinski definition) is 2. The minimum atomic E-state index is -0.276. The number of aliphatic hydroxyl groups is 1. The smallest absolute Gasteiger partial charge is 0.299 e. The van der Waals surface area contributed by atoms with E-state index in [4.69, 9.17) is 4.42 Å². The van der Waals surface area contributed by atoms with Gasteiger partial charge >= 0.3 is 0 Å². The van der Waals surface area contributed by atoms with Crippen molar-refractivity contribution < 1.29 is 9.52 Å². The highest BCUT2D eigenvalue weighted by Gasteiger charge is 2.20. The maximum atomic E-state index is 10.0. The largest absolute Gasteiger partial charge is 0.423 e. The van der Waals surface area contributed by atoms with Gasteiger partial charge in [0, 0.05) is 17.7 Å². The van der Waals surface area contributed by atoms with Gasteiger partial charge in [-0.1, -0.05) is 57.2 Å². The van der Waals surface area contributed by atoms with E-state index in [1.54, 1.807) is 6.20 Å². The lowest BCUT2D eigenvalue weighted by Crippen LogP contribution is -2.19. The van der Waals surface area contributed by atoms with E-state index in [9.17, 15) is 5.11 Å². The van der Waals surface area contributed by atoms with Crippen molar-refractivity contribution in [3.8, 4) is 11.3 Å². The maximum Gasteiger partial charge on any atom is 0.299 e. The number of aromatic nitrogens is 1. The van der Waals surface area contributed by atoms with Crippen LogP contribution in [0.1, 0.15) is 43.9 Å². The van der Waals surface area contributed by atoms with Gasteiger partial charge in [-0.25, -0.2) is 4.98 Å². The number of aryl methyl sites for hydroxylation is 1. The quantitative estimate of drug-likeness (QED) is 0.669. The SMILES string of the molecule is CC(C)(C)c1ccc(-c2cnc(Nc3cccc4c3C[C@@H](O)CC4)o2)cc1. The Morgan fingerprint density at radius 3 is 2.63 bits per heavy atom. The molecule has 0 aliphatic heterocycles. The van der Waals surface area contributed by atoms with E-state index < -0.39 is 0 Å². The zero-order valence-electron chi connectivity index (χ0n) is 16.1. The summed E-state index contributed by atoms with van der Waals surface area (Å²) in [4.78, 5) is 4.39. The Kier molecular flexibility index (Phi) is 4.52.